The molecule has 4 saturated carbocycles. The summed E-state index contributed by atoms with van der Waals surface area (Å²) in [7, 11) is 0. The summed E-state index contributed by atoms with van der Waals surface area (Å²) < 4.78 is 0. The van der Waals surface area contributed by atoms with Gasteiger partial charge in [0.25, 0.3) is 0 Å². The lowest BCUT2D eigenvalue weighted by Gasteiger charge is -2.56. The van der Waals surface area contributed by atoms with E-state index in [1.807, 2.05) is 18.3 Å². The summed E-state index contributed by atoms with van der Waals surface area (Å²) in [6, 6.07) is 0. The van der Waals surface area contributed by atoms with Crippen LogP contribution in [0.15, 0.2) is 5.03 Å². The van der Waals surface area contributed by atoms with E-state index in [9.17, 15) is 4.79 Å². The average Bonchev–Trinajstić information content (AvgIpc) is 3.18. The van der Waals surface area contributed by atoms with Crippen LogP contribution in [0.25, 0.3) is 10.2 Å². The molecule has 0 aromatic carbocycles. The fourth-order valence-corrected chi connectivity index (χ4v) is 9.17. The van der Waals surface area contributed by atoms with E-state index in [0.717, 1.165) is 39.9 Å². The first-order valence-corrected chi connectivity index (χ1v) is 12.6. The molecule has 148 valence electrons. The fourth-order valence-electron chi connectivity index (χ4n) is 6.90. The van der Waals surface area contributed by atoms with E-state index >= 15 is 0 Å². The molecule has 28 heavy (non-hydrogen) atoms. The van der Waals surface area contributed by atoms with Crippen molar-refractivity contribution in [2.45, 2.75) is 75.3 Å². The van der Waals surface area contributed by atoms with Crippen LogP contribution in [0.3, 0.4) is 0 Å². The lowest BCUT2D eigenvalue weighted by molar-refractivity contribution is -0.124. The van der Waals surface area contributed by atoms with E-state index in [-0.39, 0.29) is 11.4 Å². The normalized spacial score (nSPS) is 32.8. The van der Waals surface area contributed by atoms with Crippen LogP contribution in [0.1, 0.15) is 61.2 Å². The van der Waals surface area contributed by atoms with Gasteiger partial charge in [0.2, 0.25) is 5.91 Å². The van der Waals surface area contributed by atoms with Gasteiger partial charge < -0.3 is 5.32 Å². The molecule has 5 aliphatic carbocycles. The topological polar surface area (TPSA) is 54.9 Å². The molecule has 7 rings (SSSR count). The van der Waals surface area contributed by atoms with Crippen LogP contribution in [0, 0.1) is 24.7 Å². The molecule has 0 saturated heterocycles. The standard InChI is InChI=1S/C22H27N3OS2/c1-12-23-20(19-16-3-2-4-17(16)28-21(19)24-12)27-11-18(26)25-22-8-13-5-14(9-22)7-15(6-13)10-22/h13-15H,2-11H2,1H3,(H,25,26). The molecule has 4 bridgehead atoms. The van der Waals surface area contributed by atoms with Crippen molar-refractivity contribution in [1.82, 2.24) is 15.3 Å². The van der Waals surface area contributed by atoms with Gasteiger partial charge in [-0.25, -0.2) is 9.97 Å². The number of hydrogen-bond donors (Lipinski definition) is 1. The molecule has 0 spiro atoms. The summed E-state index contributed by atoms with van der Waals surface area (Å²) in [4.78, 5) is 24.9. The first kappa shape index (κ1) is 17.7. The summed E-state index contributed by atoms with van der Waals surface area (Å²) in [6.07, 6.45) is 11.4. The summed E-state index contributed by atoms with van der Waals surface area (Å²) in [5, 5.41) is 5.75. The maximum absolute atomic E-state index is 12.9. The van der Waals surface area contributed by atoms with Gasteiger partial charge >= 0.3 is 0 Å². The molecule has 1 N–H and O–H groups in total. The number of nitrogens with zero attached hydrogens (tertiary/aromatic N) is 2. The zero-order valence-corrected chi connectivity index (χ0v) is 18.1. The fraction of sp³-hybridized carbons (Fsp3) is 0.682. The number of aromatic nitrogens is 2. The number of carbonyl (C=O) groups excluding carboxylic acids is 1. The van der Waals surface area contributed by atoms with Gasteiger partial charge in [0, 0.05) is 15.8 Å². The molecule has 4 nitrogen and oxygen atoms in total. The van der Waals surface area contributed by atoms with Crippen molar-refractivity contribution in [3.63, 3.8) is 0 Å². The van der Waals surface area contributed by atoms with Crippen molar-refractivity contribution >= 4 is 39.2 Å². The van der Waals surface area contributed by atoms with Crippen molar-refractivity contribution in [3.8, 4) is 0 Å². The first-order valence-electron chi connectivity index (χ1n) is 10.8. The SMILES string of the molecule is Cc1nc(SCC(=O)NC23CC4CC(CC(C4)C2)C3)c2c3c(sc2n1)CCC3. The van der Waals surface area contributed by atoms with Crippen molar-refractivity contribution in [1.29, 1.82) is 0 Å². The molecule has 5 aliphatic rings. The van der Waals surface area contributed by atoms with Crippen molar-refractivity contribution in [3.05, 3.63) is 16.3 Å². The Kier molecular flexibility index (Phi) is 4.06. The van der Waals surface area contributed by atoms with Crippen molar-refractivity contribution in [2.24, 2.45) is 17.8 Å². The Labute approximate surface area is 174 Å². The maximum atomic E-state index is 12.9. The third-order valence-corrected chi connectivity index (χ3v) is 9.59. The summed E-state index contributed by atoms with van der Waals surface area (Å²) in [6.45, 7) is 1.96. The summed E-state index contributed by atoms with van der Waals surface area (Å²) in [5.41, 5.74) is 1.55. The zero-order valence-electron chi connectivity index (χ0n) is 16.4. The smallest absolute Gasteiger partial charge is 0.230 e. The van der Waals surface area contributed by atoms with Gasteiger partial charge in [0.15, 0.2) is 0 Å². The molecule has 2 heterocycles. The second kappa shape index (κ2) is 6.43. The second-order valence-corrected chi connectivity index (χ2v) is 11.7. The van der Waals surface area contributed by atoms with E-state index in [0.29, 0.717) is 5.75 Å². The molecule has 2 aromatic heterocycles. The zero-order chi connectivity index (χ0) is 18.9. The molecular weight excluding hydrogens is 386 g/mol. The molecular formula is C22H27N3OS2. The number of hydrogen-bond acceptors (Lipinski definition) is 5. The number of aryl methyl sites for hydroxylation is 3. The van der Waals surface area contributed by atoms with Crippen LogP contribution in [-0.4, -0.2) is 27.2 Å². The van der Waals surface area contributed by atoms with Crippen LogP contribution in [0.2, 0.25) is 0 Å². The Morgan fingerprint density at radius 1 is 1.14 bits per heavy atom. The van der Waals surface area contributed by atoms with Gasteiger partial charge in [0.05, 0.1) is 5.75 Å². The number of amides is 1. The van der Waals surface area contributed by atoms with Crippen LogP contribution >= 0.6 is 23.1 Å². The molecule has 0 atom stereocenters. The third kappa shape index (κ3) is 2.90. The highest BCUT2D eigenvalue weighted by Crippen LogP contribution is 2.55. The number of thiophene rings is 1. The van der Waals surface area contributed by atoms with Gasteiger partial charge in [-0.15, -0.1) is 11.3 Å². The Hall–Kier alpha value is -1.14. The van der Waals surface area contributed by atoms with Gasteiger partial charge in [0.1, 0.15) is 15.7 Å². The largest absolute Gasteiger partial charge is 0.350 e. The van der Waals surface area contributed by atoms with Crippen LogP contribution in [0.4, 0.5) is 0 Å². The number of carbonyl (C=O) groups is 1. The Morgan fingerprint density at radius 2 is 1.86 bits per heavy atom. The van der Waals surface area contributed by atoms with Gasteiger partial charge in [-0.3, -0.25) is 4.79 Å². The minimum absolute atomic E-state index is 0.104. The predicted octanol–water partition coefficient (Wildman–Crippen LogP) is 4.67. The summed E-state index contributed by atoms with van der Waals surface area (Å²) in [5.74, 6) is 4.06. The Bertz CT molecular complexity index is 931. The second-order valence-electron chi connectivity index (χ2n) is 9.65. The number of fused-ring (bicyclic) bond motifs is 3. The average molecular weight is 414 g/mol. The van der Waals surface area contributed by atoms with Gasteiger partial charge in [-0.05, 0) is 88.0 Å². The Morgan fingerprint density at radius 3 is 2.57 bits per heavy atom. The van der Waals surface area contributed by atoms with Gasteiger partial charge in [-0.2, -0.15) is 0 Å². The number of thioether (sulfide) groups is 1. The summed E-state index contributed by atoms with van der Waals surface area (Å²) >= 11 is 3.44. The predicted molar refractivity (Wildman–Crippen MR) is 114 cm³/mol. The van der Waals surface area contributed by atoms with E-state index in [4.69, 9.17) is 4.98 Å². The molecule has 6 heteroatoms. The third-order valence-electron chi connectivity index (χ3n) is 7.43. The maximum Gasteiger partial charge on any atom is 0.230 e. The molecule has 4 fully saturated rings. The van der Waals surface area contributed by atoms with Crippen LogP contribution < -0.4 is 5.32 Å². The van der Waals surface area contributed by atoms with E-state index in [2.05, 4.69) is 10.3 Å². The molecule has 2 aromatic rings. The molecule has 1 amide bonds. The number of nitrogens with one attached hydrogen (secondary N) is 1. The molecule has 0 unspecified atom stereocenters. The lowest BCUT2D eigenvalue weighted by atomic mass is 9.53. The van der Waals surface area contributed by atoms with Crippen LogP contribution in [0.5, 0.6) is 0 Å². The lowest BCUT2D eigenvalue weighted by Crippen LogP contribution is -2.60. The quantitative estimate of drug-likeness (QED) is 0.585. The monoisotopic (exact) mass is 413 g/mol. The van der Waals surface area contributed by atoms with E-state index in [1.165, 1.54) is 67.2 Å². The minimum atomic E-state index is 0.104. The van der Waals surface area contributed by atoms with E-state index in [1.54, 1.807) is 11.8 Å². The molecule has 0 aliphatic heterocycles. The van der Waals surface area contributed by atoms with E-state index < -0.39 is 0 Å². The highest BCUT2D eigenvalue weighted by Gasteiger charge is 2.51. The van der Waals surface area contributed by atoms with Crippen LogP contribution in [-0.2, 0) is 17.6 Å². The highest BCUT2D eigenvalue weighted by atomic mass is 32.2. The highest BCUT2D eigenvalue weighted by molar-refractivity contribution is 8.00. The minimum Gasteiger partial charge on any atom is -0.350 e. The Balaban J connectivity index is 1.20. The van der Waals surface area contributed by atoms with Crippen molar-refractivity contribution in [2.75, 3.05) is 5.75 Å². The first-order chi connectivity index (χ1) is 13.6. The molecule has 0 radical (unpaired) electrons. The number of rotatable bonds is 4. The van der Waals surface area contributed by atoms with Crippen molar-refractivity contribution < 1.29 is 4.79 Å². The van der Waals surface area contributed by atoms with Gasteiger partial charge in [-0.1, -0.05) is 11.8 Å².